The molecule has 0 unspecified atom stereocenters. The highest BCUT2D eigenvalue weighted by Crippen LogP contribution is 2.36. The Balaban J connectivity index is 2.24. The lowest BCUT2D eigenvalue weighted by Gasteiger charge is -2.13. The van der Waals surface area contributed by atoms with Gasteiger partial charge in [-0.15, -0.1) is 11.3 Å². The van der Waals surface area contributed by atoms with Crippen LogP contribution < -0.4 is 5.32 Å². The first-order chi connectivity index (χ1) is 9.97. The van der Waals surface area contributed by atoms with E-state index >= 15 is 0 Å². The van der Waals surface area contributed by atoms with Gasteiger partial charge in [-0.3, -0.25) is 0 Å². The molecule has 21 heavy (non-hydrogen) atoms. The summed E-state index contributed by atoms with van der Waals surface area (Å²) < 4.78 is 0. The molecular weight excluding hydrogens is 322 g/mol. The number of rotatable bonds is 1. The fourth-order valence-electron chi connectivity index (χ4n) is 2.23. The van der Waals surface area contributed by atoms with Gasteiger partial charge in [0, 0.05) is 28.1 Å². The molecule has 1 aromatic heterocycles. The third kappa shape index (κ3) is 2.57. The SMILES string of the molecule is Cc1sc2c(c1C)C(c1ccc(Cl)cc1)=NN(C)C(=S)N2. The van der Waals surface area contributed by atoms with E-state index in [1.54, 1.807) is 16.3 Å². The van der Waals surface area contributed by atoms with Crippen LogP contribution in [0.3, 0.4) is 0 Å². The zero-order chi connectivity index (χ0) is 15.1. The highest BCUT2D eigenvalue weighted by molar-refractivity contribution is 7.80. The normalized spacial score (nSPS) is 14.4. The molecule has 3 rings (SSSR count). The fourth-order valence-corrected chi connectivity index (χ4v) is 3.63. The van der Waals surface area contributed by atoms with Crippen molar-refractivity contribution >= 4 is 51.0 Å². The second kappa shape index (κ2) is 5.40. The predicted molar refractivity (Wildman–Crippen MR) is 94.9 cm³/mol. The van der Waals surface area contributed by atoms with E-state index < -0.39 is 0 Å². The van der Waals surface area contributed by atoms with Crippen molar-refractivity contribution in [2.45, 2.75) is 13.8 Å². The van der Waals surface area contributed by atoms with Gasteiger partial charge < -0.3 is 5.32 Å². The molecule has 0 spiro atoms. The Morgan fingerprint density at radius 2 is 1.90 bits per heavy atom. The summed E-state index contributed by atoms with van der Waals surface area (Å²) in [6.45, 7) is 4.23. The van der Waals surface area contributed by atoms with Crippen LogP contribution in [0.5, 0.6) is 0 Å². The van der Waals surface area contributed by atoms with E-state index in [2.05, 4.69) is 24.3 Å². The molecule has 6 heteroatoms. The van der Waals surface area contributed by atoms with Crippen LogP contribution in [0.2, 0.25) is 5.02 Å². The predicted octanol–water partition coefficient (Wildman–Crippen LogP) is 4.41. The molecule has 0 saturated carbocycles. The fraction of sp³-hybridized carbons (Fsp3) is 0.200. The first-order valence-corrected chi connectivity index (χ1v) is 8.07. The van der Waals surface area contributed by atoms with Crippen LogP contribution in [-0.4, -0.2) is 22.9 Å². The highest BCUT2D eigenvalue weighted by atomic mass is 35.5. The van der Waals surface area contributed by atoms with Gasteiger partial charge in [-0.2, -0.15) is 5.10 Å². The number of nitrogens with one attached hydrogen (secondary N) is 1. The van der Waals surface area contributed by atoms with Crippen molar-refractivity contribution in [2.24, 2.45) is 5.10 Å². The quantitative estimate of drug-likeness (QED) is 0.782. The van der Waals surface area contributed by atoms with Gasteiger partial charge in [0.15, 0.2) is 5.11 Å². The van der Waals surface area contributed by atoms with Crippen molar-refractivity contribution in [3.63, 3.8) is 0 Å². The van der Waals surface area contributed by atoms with Crippen molar-refractivity contribution in [1.29, 1.82) is 0 Å². The molecule has 0 aliphatic carbocycles. The molecule has 3 nitrogen and oxygen atoms in total. The average molecular weight is 336 g/mol. The molecule has 0 bridgehead atoms. The number of halogens is 1. The van der Waals surface area contributed by atoms with Gasteiger partial charge in [-0.05, 0) is 43.8 Å². The highest BCUT2D eigenvalue weighted by Gasteiger charge is 2.24. The van der Waals surface area contributed by atoms with Gasteiger partial charge in [0.1, 0.15) is 10.7 Å². The summed E-state index contributed by atoms with van der Waals surface area (Å²) in [5.41, 5.74) is 4.29. The summed E-state index contributed by atoms with van der Waals surface area (Å²) in [5, 5.41) is 12.0. The second-order valence-electron chi connectivity index (χ2n) is 4.90. The Bertz CT molecular complexity index is 747. The summed E-state index contributed by atoms with van der Waals surface area (Å²) >= 11 is 13.1. The molecule has 2 aromatic rings. The van der Waals surface area contributed by atoms with E-state index in [0.29, 0.717) is 10.1 Å². The zero-order valence-corrected chi connectivity index (χ0v) is 14.3. The van der Waals surface area contributed by atoms with Gasteiger partial charge in [-0.25, -0.2) is 5.01 Å². The number of fused-ring (bicyclic) bond motifs is 1. The number of anilines is 1. The minimum atomic E-state index is 0.599. The molecule has 1 aliphatic rings. The standard InChI is InChI=1S/C15H14ClN3S2/c1-8-9(2)21-14-12(8)13(18-19(3)15(20)17-14)10-4-6-11(16)7-5-10/h4-7H,1-3H3,(H,17,20). The minimum absolute atomic E-state index is 0.599. The summed E-state index contributed by atoms with van der Waals surface area (Å²) in [6.07, 6.45) is 0. The Kier molecular flexibility index (Phi) is 3.73. The molecule has 1 aliphatic heterocycles. The molecular formula is C15H14ClN3S2. The van der Waals surface area contributed by atoms with E-state index in [-0.39, 0.29) is 0 Å². The van der Waals surface area contributed by atoms with E-state index in [1.165, 1.54) is 10.4 Å². The molecule has 0 atom stereocenters. The lowest BCUT2D eigenvalue weighted by molar-refractivity contribution is 0.555. The van der Waals surface area contributed by atoms with E-state index in [9.17, 15) is 0 Å². The number of aryl methyl sites for hydroxylation is 1. The average Bonchev–Trinajstić information content (AvgIpc) is 2.64. The van der Waals surface area contributed by atoms with Crippen LogP contribution in [-0.2, 0) is 0 Å². The summed E-state index contributed by atoms with van der Waals surface area (Å²) in [4.78, 5) is 1.27. The molecule has 1 aromatic carbocycles. The van der Waals surface area contributed by atoms with Gasteiger partial charge >= 0.3 is 0 Å². The maximum absolute atomic E-state index is 5.99. The summed E-state index contributed by atoms with van der Waals surface area (Å²) in [5.74, 6) is 0. The van der Waals surface area contributed by atoms with Gasteiger partial charge in [-0.1, -0.05) is 23.7 Å². The second-order valence-corrected chi connectivity index (χ2v) is 6.94. The van der Waals surface area contributed by atoms with E-state index in [1.807, 2.05) is 31.3 Å². The number of thiophene rings is 1. The number of hydrogen-bond acceptors (Lipinski definition) is 3. The third-order valence-electron chi connectivity index (χ3n) is 3.50. The monoisotopic (exact) mass is 335 g/mol. The lowest BCUT2D eigenvalue weighted by Crippen LogP contribution is -2.25. The Morgan fingerprint density at radius 1 is 1.24 bits per heavy atom. The zero-order valence-electron chi connectivity index (χ0n) is 11.9. The maximum atomic E-state index is 5.99. The van der Waals surface area contributed by atoms with Crippen LogP contribution in [0.25, 0.3) is 0 Å². The van der Waals surface area contributed by atoms with Crippen molar-refractivity contribution < 1.29 is 0 Å². The maximum Gasteiger partial charge on any atom is 0.194 e. The summed E-state index contributed by atoms with van der Waals surface area (Å²) in [7, 11) is 1.85. The molecule has 108 valence electrons. The lowest BCUT2D eigenvalue weighted by atomic mass is 10.0. The largest absolute Gasteiger partial charge is 0.322 e. The Hall–Kier alpha value is -1.43. The molecule has 1 N–H and O–H groups in total. The molecule has 0 saturated heterocycles. The van der Waals surface area contributed by atoms with Crippen LogP contribution in [0.15, 0.2) is 29.4 Å². The van der Waals surface area contributed by atoms with E-state index in [4.69, 9.17) is 23.8 Å². The summed E-state index contributed by atoms with van der Waals surface area (Å²) in [6, 6.07) is 7.73. The van der Waals surface area contributed by atoms with Crippen molar-refractivity contribution in [3.8, 4) is 0 Å². The van der Waals surface area contributed by atoms with Crippen molar-refractivity contribution in [3.05, 3.63) is 50.9 Å². The third-order valence-corrected chi connectivity index (χ3v) is 5.25. The smallest absolute Gasteiger partial charge is 0.194 e. The number of thiocarbonyl (C=S) groups is 1. The molecule has 2 heterocycles. The van der Waals surface area contributed by atoms with Crippen molar-refractivity contribution in [2.75, 3.05) is 12.4 Å². The van der Waals surface area contributed by atoms with Crippen LogP contribution in [0.4, 0.5) is 5.00 Å². The Morgan fingerprint density at radius 3 is 2.57 bits per heavy atom. The number of hydrazone groups is 1. The van der Waals surface area contributed by atoms with Gasteiger partial charge in [0.2, 0.25) is 0 Å². The molecule has 0 radical (unpaired) electrons. The number of hydrogen-bond donors (Lipinski definition) is 1. The van der Waals surface area contributed by atoms with Crippen molar-refractivity contribution in [1.82, 2.24) is 5.01 Å². The van der Waals surface area contributed by atoms with Gasteiger partial charge in [0.05, 0.1) is 0 Å². The van der Waals surface area contributed by atoms with Crippen LogP contribution in [0, 0.1) is 13.8 Å². The van der Waals surface area contributed by atoms with E-state index in [0.717, 1.165) is 21.8 Å². The number of benzene rings is 1. The minimum Gasteiger partial charge on any atom is -0.322 e. The topological polar surface area (TPSA) is 27.6 Å². The van der Waals surface area contributed by atoms with Crippen LogP contribution >= 0.6 is 35.2 Å². The first-order valence-electron chi connectivity index (χ1n) is 6.47. The van der Waals surface area contributed by atoms with Crippen LogP contribution in [0.1, 0.15) is 21.6 Å². The number of nitrogens with zero attached hydrogens (tertiary/aromatic N) is 2. The van der Waals surface area contributed by atoms with Gasteiger partial charge in [0.25, 0.3) is 0 Å². The Labute approximate surface area is 138 Å². The first kappa shape index (κ1) is 14.5. The molecule has 0 fully saturated rings. The molecule has 0 amide bonds.